The van der Waals surface area contributed by atoms with Crippen molar-refractivity contribution in [2.24, 2.45) is 0 Å². The van der Waals surface area contributed by atoms with E-state index in [2.05, 4.69) is 21.2 Å². The number of aliphatic hydroxyl groups is 1. The van der Waals surface area contributed by atoms with E-state index >= 15 is 0 Å². The Bertz CT molecular complexity index is 555. The van der Waals surface area contributed by atoms with Gasteiger partial charge in [-0.2, -0.15) is 0 Å². The molecule has 1 unspecified atom stereocenters. The highest BCUT2D eigenvalue weighted by molar-refractivity contribution is 9.10. The molecular weight excluding hydrogens is 310 g/mol. The van der Waals surface area contributed by atoms with Crippen molar-refractivity contribution < 1.29 is 14.3 Å². The van der Waals surface area contributed by atoms with Crippen molar-refractivity contribution in [1.82, 2.24) is 5.32 Å². The second-order valence-electron chi connectivity index (χ2n) is 4.70. The highest BCUT2D eigenvalue weighted by Crippen LogP contribution is 2.29. The summed E-state index contributed by atoms with van der Waals surface area (Å²) in [6.07, 6.45) is 0. The van der Waals surface area contributed by atoms with Gasteiger partial charge >= 0.3 is 0 Å². The Morgan fingerprint density at radius 2 is 2.21 bits per heavy atom. The van der Waals surface area contributed by atoms with Gasteiger partial charge in [0.25, 0.3) is 0 Å². The minimum absolute atomic E-state index is 0.0439. The third-order valence-corrected chi connectivity index (χ3v) is 3.65. The molecule has 104 valence electrons. The lowest BCUT2D eigenvalue weighted by Gasteiger charge is -2.26. The van der Waals surface area contributed by atoms with E-state index in [1.54, 1.807) is 7.11 Å². The van der Waals surface area contributed by atoms with Gasteiger partial charge in [-0.25, -0.2) is 0 Å². The molecule has 2 rings (SSSR count). The van der Waals surface area contributed by atoms with Crippen LogP contribution in [-0.4, -0.2) is 32.0 Å². The monoisotopic (exact) mass is 327 g/mol. The van der Waals surface area contributed by atoms with Gasteiger partial charge in [0, 0.05) is 23.5 Å². The largest absolute Gasteiger partial charge is 0.459 e. The molecule has 1 aromatic carbocycles. The number of furan rings is 1. The predicted octanol–water partition coefficient (Wildman–Crippen LogP) is 2.64. The summed E-state index contributed by atoms with van der Waals surface area (Å²) in [6.45, 7) is 3.10. The molecule has 0 radical (unpaired) electrons. The van der Waals surface area contributed by atoms with Crippen LogP contribution >= 0.6 is 15.9 Å². The molecule has 1 aromatic heterocycles. The van der Waals surface area contributed by atoms with Gasteiger partial charge in [-0.1, -0.05) is 15.9 Å². The highest BCUT2D eigenvalue weighted by atomic mass is 79.9. The molecular formula is C14H18BrNO3. The number of aliphatic hydroxyl groups excluding tert-OH is 1. The Labute approximate surface area is 120 Å². The predicted molar refractivity (Wildman–Crippen MR) is 78.2 cm³/mol. The molecule has 1 heterocycles. The van der Waals surface area contributed by atoms with E-state index in [0.717, 1.165) is 21.2 Å². The first-order valence-corrected chi connectivity index (χ1v) is 6.93. The Hall–Kier alpha value is -0.880. The minimum atomic E-state index is -0.607. The van der Waals surface area contributed by atoms with Crippen molar-refractivity contribution in [3.63, 3.8) is 0 Å². The number of rotatable bonds is 6. The van der Waals surface area contributed by atoms with Crippen LogP contribution in [0, 0.1) is 0 Å². The highest BCUT2D eigenvalue weighted by Gasteiger charge is 2.29. The maximum atomic E-state index is 9.65. The molecule has 0 spiro atoms. The van der Waals surface area contributed by atoms with Crippen LogP contribution in [0.15, 0.2) is 33.2 Å². The fourth-order valence-electron chi connectivity index (χ4n) is 1.94. The van der Waals surface area contributed by atoms with Gasteiger partial charge in [-0.05, 0) is 31.2 Å². The maximum absolute atomic E-state index is 9.65. The van der Waals surface area contributed by atoms with Crippen LogP contribution in [0.4, 0.5) is 0 Å². The zero-order valence-electron chi connectivity index (χ0n) is 11.1. The van der Waals surface area contributed by atoms with Crippen LogP contribution in [-0.2, 0) is 10.3 Å². The molecule has 0 aliphatic heterocycles. The average Bonchev–Trinajstić information content (AvgIpc) is 2.82. The Balaban J connectivity index is 2.29. The van der Waals surface area contributed by atoms with E-state index < -0.39 is 5.54 Å². The van der Waals surface area contributed by atoms with Crippen molar-refractivity contribution in [3.05, 3.63) is 34.5 Å². The summed E-state index contributed by atoms with van der Waals surface area (Å²) in [4.78, 5) is 0. The minimum Gasteiger partial charge on any atom is -0.459 e. The number of methoxy groups -OCH3 is 1. The number of benzene rings is 1. The van der Waals surface area contributed by atoms with Crippen LogP contribution in [0.3, 0.4) is 0 Å². The summed E-state index contributed by atoms with van der Waals surface area (Å²) in [7, 11) is 1.65. The Morgan fingerprint density at radius 3 is 2.89 bits per heavy atom. The summed E-state index contributed by atoms with van der Waals surface area (Å²) in [5, 5.41) is 13.9. The first-order chi connectivity index (χ1) is 9.09. The molecule has 0 saturated carbocycles. The van der Waals surface area contributed by atoms with Gasteiger partial charge in [-0.15, -0.1) is 0 Å². The summed E-state index contributed by atoms with van der Waals surface area (Å²) < 4.78 is 11.8. The smallest absolute Gasteiger partial charge is 0.134 e. The summed E-state index contributed by atoms with van der Waals surface area (Å²) >= 11 is 3.44. The molecule has 5 heteroatoms. The molecule has 2 aromatic rings. The van der Waals surface area contributed by atoms with E-state index in [-0.39, 0.29) is 6.61 Å². The molecule has 0 fully saturated rings. The second kappa shape index (κ2) is 6.05. The van der Waals surface area contributed by atoms with Crippen LogP contribution in [0.25, 0.3) is 11.0 Å². The van der Waals surface area contributed by atoms with Gasteiger partial charge in [0.15, 0.2) is 0 Å². The zero-order chi connectivity index (χ0) is 13.9. The SMILES string of the molecule is COCCNC(C)(CO)c1cc2cc(Br)ccc2o1. The number of nitrogens with one attached hydrogen (secondary N) is 1. The lowest BCUT2D eigenvalue weighted by molar-refractivity contribution is 0.134. The third kappa shape index (κ3) is 3.17. The van der Waals surface area contributed by atoms with Gasteiger partial charge in [0.1, 0.15) is 11.3 Å². The molecule has 2 N–H and O–H groups in total. The lowest BCUT2D eigenvalue weighted by atomic mass is 10.00. The standard InChI is InChI=1S/C14H18BrNO3/c1-14(9-17,16-5-6-18-2)13-8-10-7-11(15)3-4-12(10)19-13/h3-4,7-8,16-17H,5-6,9H2,1-2H3. The molecule has 19 heavy (non-hydrogen) atoms. The summed E-state index contributed by atoms with van der Waals surface area (Å²) in [5.41, 5.74) is 0.204. The van der Waals surface area contributed by atoms with Crippen molar-refractivity contribution in [1.29, 1.82) is 0 Å². The third-order valence-electron chi connectivity index (χ3n) is 3.16. The van der Waals surface area contributed by atoms with Gasteiger partial charge in [-0.3, -0.25) is 0 Å². The number of halogens is 1. The van der Waals surface area contributed by atoms with Crippen LogP contribution < -0.4 is 5.32 Å². The van der Waals surface area contributed by atoms with Crippen molar-refractivity contribution in [2.45, 2.75) is 12.5 Å². The van der Waals surface area contributed by atoms with Gasteiger partial charge < -0.3 is 19.6 Å². The Kier molecular flexibility index (Phi) is 4.62. The van der Waals surface area contributed by atoms with Crippen LogP contribution in [0.5, 0.6) is 0 Å². The number of hydrogen-bond donors (Lipinski definition) is 2. The summed E-state index contributed by atoms with van der Waals surface area (Å²) in [6, 6.07) is 7.80. The molecule has 0 amide bonds. The normalized spacial score (nSPS) is 14.7. The quantitative estimate of drug-likeness (QED) is 0.801. The first-order valence-electron chi connectivity index (χ1n) is 6.13. The fourth-order valence-corrected chi connectivity index (χ4v) is 2.31. The van der Waals surface area contributed by atoms with Crippen molar-refractivity contribution in [2.75, 3.05) is 26.9 Å². The van der Waals surface area contributed by atoms with Crippen molar-refractivity contribution >= 4 is 26.9 Å². The molecule has 4 nitrogen and oxygen atoms in total. The Morgan fingerprint density at radius 1 is 1.42 bits per heavy atom. The molecule has 0 bridgehead atoms. The lowest BCUT2D eigenvalue weighted by Crippen LogP contribution is -2.44. The number of hydrogen-bond acceptors (Lipinski definition) is 4. The molecule has 1 atom stereocenters. The average molecular weight is 328 g/mol. The number of fused-ring (bicyclic) bond motifs is 1. The molecule has 0 aliphatic rings. The topological polar surface area (TPSA) is 54.6 Å². The zero-order valence-corrected chi connectivity index (χ0v) is 12.7. The van der Waals surface area contributed by atoms with Crippen molar-refractivity contribution in [3.8, 4) is 0 Å². The van der Waals surface area contributed by atoms with Crippen LogP contribution in [0.2, 0.25) is 0 Å². The molecule has 0 saturated heterocycles. The van der Waals surface area contributed by atoms with E-state index in [0.29, 0.717) is 13.2 Å². The van der Waals surface area contributed by atoms with Gasteiger partial charge in [0.05, 0.1) is 18.8 Å². The number of ether oxygens (including phenoxy) is 1. The first kappa shape index (κ1) is 14.5. The van der Waals surface area contributed by atoms with E-state index in [4.69, 9.17) is 9.15 Å². The maximum Gasteiger partial charge on any atom is 0.134 e. The van der Waals surface area contributed by atoms with Gasteiger partial charge in [0.2, 0.25) is 0 Å². The second-order valence-corrected chi connectivity index (χ2v) is 5.62. The van der Waals surface area contributed by atoms with E-state index in [1.165, 1.54) is 0 Å². The van der Waals surface area contributed by atoms with Crippen LogP contribution in [0.1, 0.15) is 12.7 Å². The van der Waals surface area contributed by atoms with E-state index in [9.17, 15) is 5.11 Å². The van der Waals surface area contributed by atoms with E-state index in [1.807, 2.05) is 31.2 Å². The fraction of sp³-hybridized carbons (Fsp3) is 0.429. The molecule has 0 aliphatic carbocycles. The summed E-state index contributed by atoms with van der Waals surface area (Å²) in [5.74, 6) is 0.721.